The van der Waals surface area contributed by atoms with Crippen molar-refractivity contribution in [2.75, 3.05) is 5.73 Å². The lowest BCUT2D eigenvalue weighted by atomic mass is 10.2. The molecule has 2 heterocycles. The summed E-state index contributed by atoms with van der Waals surface area (Å²) < 4.78 is 0. The SMILES string of the molecule is Cc1[nH]nc(C(=O)N(Cc2ccccn2)C2CC2)c1N. The molecule has 0 unspecified atom stereocenters. The van der Waals surface area contributed by atoms with E-state index in [1.165, 1.54) is 0 Å². The van der Waals surface area contributed by atoms with Crippen LogP contribution in [0.2, 0.25) is 0 Å². The average molecular weight is 271 g/mol. The van der Waals surface area contributed by atoms with E-state index in [-0.39, 0.29) is 11.9 Å². The van der Waals surface area contributed by atoms with Gasteiger partial charge in [0.1, 0.15) is 0 Å². The van der Waals surface area contributed by atoms with E-state index < -0.39 is 0 Å². The molecule has 1 fully saturated rings. The zero-order valence-electron chi connectivity index (χ0n) is 11.3. The van der Waals surface area contributed by atoms with Crippen molar-refractivity contribution in [1.29, 1.82) is 0 Å². The largest absolute Gasteiger partial charge is 0.395 e. The smallest absolute Gasteiger partial charge is 0.277 e. The van der Waals surface area contributed by atoms with Crippen LogP contribution in [0.25, 0.3) is 0 Å². The highest BCUT2D eigenvalue weighted by molar-refractivity contribution is 5.97. The molecule has 0 saturated heterocycles. The van der Waals surface area contributed by atoms with Crippen LogP contribution < -0.4 is 5.73 Å². The number of hydrogen-bond donors (Lipinski definition) is 2. The van der Waals surface area contributed by atoms with Gasteiger partial charge in [-0.15, -0.1) is 0 Å². The first-order valence-electron chi connectivity index (χ1n) is 6.68. The monoisotopic (exact) mass is 271 g/mol. The Hall–Kier alpha value is -2.37. The minimum absolute atomic E-state index is 0.125. The van der Waals surface area contributed by atoms with Gasteiger partial charge in [0.05, 0.1) is 23.6 Å². The summed E-state index contributed by atoms with van der Waals surface area (Å²) in [5.41, 5.74) is 8.24. The molecule has 3 rings (SSSR count). The molecule has 1 saturated carbocycles. The maximum atomic E-state index is 12.6. The van der Waals surface area contributed by atoms with E-state index in [9.17, 15) is 4.79 Å². The first-order chi connectivity index (χ1) is 9.66. The van der Waals surface area contributed by atoms with Crippen molar-refractivity contribution in [1.82, 2.24) is 20.1 Å². The Kier molecular flexibility index (Phi) is 3.14. The number of carbonyl (C=O) groups is 1. The summed E-state index contributed by atoms with van der Waals surface area (Å²) in [5, 5.41) is 6.78. The number of pyridine rings is 1. The van der Waals surface area contributed by atoms with Crippen LogP contribution in [0.3, 0.4) is 0 Å². The van der Waals surface area contributed by atoms with Gasteiger partial charge in [0.2, 0.25) is 0 Å². The predicted octanol–water partition coefficient (Wildman–Crippen LogP) is 1.50. The zero-order chi connectivity index (χ0) is 14.1. The fourth-order valence-electron chi connectivity index (χ4n) is 2.16. The van der Waals surface area contributed by atoms with Crippen LogP contribution >= 0.6 is 0 Å². The molecule has 2 aromatic rings. The highest BCUT2D eigenvalue weighted by Gasteiger charge is 2.35. The third-order valence-corrected chi connectivity index (χ3v) is 3.50. The molecular weight excluding hydrogens is 254 g/mol. The number of rotatable bonds is 4. The standard InChI is InChI=1S/C14H17N5O/c1-9-12(15)13(18-17-9)14(20)19(11-5-6-11)8-10-4-2-3-7-16-10/h2-4,7,11H,5-6,8,15H2,1H3,(H,17,18). The molecule has 20 heavy (non-hydrogen) atoms. The topological polar surface area (TPSA) is 87.9 Å². The second-order valence-corrected chi connectivity index (χ2v) is 5.10. The van der Waals surface area contributed by atoms with Crippen LogP contribution in [-0.2, 0) is 6.54 Å². The molecule has 2 aromatic heterocycles. The van der Waals surface area contributed by atoms with Crippen molar-refractivity contribution in [2.24, 2.45) is 0 Å². The second-order valence-electron chi connectivity index (χ2n) is 5.10. The number of aromatic nitrogens is 3. The van der Waals surface area contributed by atoms with E-state index in [2.05, 4.69) is 15.2 Å². The van der Waals surface area contributed by atoms with Crippen molar-refractivity contribution in [3.63, 3.8) is 0 Å². The van der Waals surface area contributed by atoms with Gasteiger partial charge in [0, 0.05) is 12.2 Å². The third-order valence-electron chi connectivity index (χ3n) is 3.50. The van der Waals surface area contributed by atoms with Gasteiger partial charge in [-0.3, -0.25) is 14.9 Å². The molecule has 0 radical (unpaired) electrons. The number of nitrogens with two attached hydrogens (primary N) is 1. The highest BCUT2D eigenvalue weighted by atomic mass is 16.2. The average Bonchev–Trinajstić information content (AvgIpc) is 3.25. The summed E-state index contributed by atoms with van der Waals surface area (Å²) >= 11 is 0. The Balaban J connectivity index is 1.84. The third kappa shape index (κ3) is 2.36. The lowest BCUT2D eigenvalue weighted by molar-refractivity contribution is 0.0723. The van der Waals surface area contributed by atoms with Gasteiger partial charge >= 0.3 is 0 Å². The molecule has 1 aliphatic rings. The van der Waals surface area contributed by atoms with Crippen molar-refractivity contribution in [2.45, 2.75) is 32.4 Å². The van der Waals surface area contributed by atoms with Gasteiger partial charge in [-0.1, -0.05) is 6.07 Å². The fourth-order valence-corrected chi connectivity index (χ4v) is 2.16. The Morgan fingerprint density at radius 2 is 2.30 bits per heavy atom. The van der Waals surface area contributed by atoms with E-state index in [0.29, 0.717) is 17.9 Å². The quantitative estimate of drug-likeness (QED) is 0.882. The van der Waals surface area contributed by atoms with Crippen LogP contribution in [0.15, 0.2) is 24.4 Å². The summed E-state index contributed by atoms with van der Waals surface area (Å²) in [6.45, 7) is 2.30. The molecule has 0 atom stereocenters. The van der Waals surface area contributed by atoms with Gasteiger partial charge in [-0.05, 0) is 31.9 Å². The normalized spacial score (nSPS) is 14.2. The number of nitrogens with one attached hydrogen (secondary N) is 1. The Labute approximate surface area is 117 Å². The molecule has 0 aliphatic heterocycles. The summed E-state index contributed by atoms with van der Waals surface area (Å²) in [7, 11) is 0. The maximum Gasteiger partial charge on any atom is 0.277 e. The molecule has 1 amide bonds. The van der Waals surface area contributed by atoms with Crippen LogP contribution in [-0.4, -0.2) is 32.0 Å². The number of anilines is 1. The predicted molar refractivity (Wildman–Crippen MR) is 74.9 cm³/mol. The van der Waals surface area contributed by atoms with Crippen LogP contribution in [0.4, 0.5) is 5.69 Å². The van der Waals surface area contributed by atoms with Crippen molar-refractivity contribution in [3.8, 4) is 0 Å². The summed E-state index contributed by atoms with van der Waals surface area (Å²) in [6.07, 6.45) is 3.79. The molecule has 6 nitrogen and oxygen atoms in total. The highest BCUT2D eigenvalue weighted by Crippen LogP contribution is 2.30. The van der Waals surface area contributed by atoms with Gasteiger partial charge in [0.15, 0.2) is 5.69 Å². The molecule has 0 spiro atoms. The van der Waals surface area contributed by atoms with Crippen LogP contribution in [0, 0.1) is 6.92 Å². The summed E-state index contributed by atoms with van der Waals surface area (Å²) in [4.78, 5) is 18.7. The Morgan fingerprint density at radius 1 is 1.50 bits per heavy atom. The number of nitrogen functional groups attached to an aromatic ring is 1. The van der Waals surface area contributed by atoms with Crippen molar-refractivity contribution < 1.29 is 4.79 Å². The molecule has 0 bridgehead atoms. The summed E-state index contributed by atoms with van der Waals surface area (Å²) in [6, 6.07) is 5.98. The second kappa shape index (κ2) is 4.96. The van der Waals surface area contributed by atoms with E-state index in [4.69, 9.17) is 5.73 Å². The van der Waals surface area contributed by atoms with E-state index in [1.807, 2.05) is 23.1 Å². The zero-order valence-corrected chi connectivity index (χ0v) is 11.3. The number of H-pyrrole nitrogens is 1. The Bertz CT molecular complexity index is 618. The fraction of sp³-hybridized carbons (Fsp3) is 0.357. The van der Waals surface area contributed by atoms with Crippen molar-refractivity contribution >= 4 is 11.6 Å². The molecular formula is C14H17N5O. The van der Waals surface area contributed by atoms with Gasteiger partial charge < -0.3 is 10.6 Å². The lowest BCUT2D eigenvalue weighted by Crippen LogP contribution is -2.33. The van der Waals surface area contributed by atoms with E-state index >= 15 is 0 Å². The lowest BCUT2D eigenvalue weighted by Gasteiger charge is -2.21. The maximum absolute atomic E-state index is 12.6. The molecule has 6 heteroatoms. The first kappa shape index (κ1) is 12.7. The van der Waals surface area contributed by atoms with Gasteiger partial charge in [0.25, 0.3) is 5.91 Å². The van der Waals surface area contributed by atoms with E-state index in [0.717, 1.165) is 24.2 Å². The number of amides is 1. The number of nitrogens with zero attached hydrogens (tertiary/aromatic N) is 3. The van der Waals surface area contributed by atoms with Crippen LogP contribution in [0.1, 0.15) is 34.7 Å². The number of aryl methyl sites for hydroxylation is 1. The van der Waals surface area contributed by atoms with Gasteiger partial charge in [-0.25, -0.2) is 0 Å². The molecule has 1 aliphatic carbocycles. The molecule has 3 N–H and O–H groups in total. The minimum Gasteiger partial charge on any atom is -0.395 e. The first-order valence-corrected chi connectivity index (χ1v) is 6.68. The molecule has 0 aromatic carbocycles. The number of aromatic amines is 1. The number of carbonyl (C=O) groups excluding carboxylic acids is 1. The van der Waals surface area contributed by atoms with Crippen molar-refractivity contribution in [3.05, 3.63) is 41.5 Å². The van der Waals surface area contributed by atoms with E-state index in [1.54, 1.807) is 13.1 Å². The summed E-state index contributed by atoms with van der Waals surface area (Å²) in [5.74, 6) is -0.125. The van der Waals surface area contributed by atoms with Crippen LogP contribution in [0.5, 0.6) is 0 Å². The number of hydrogen-bond acceptors (Lipinski definition) is 4. The Morgan fingerprint density at radius 3 is 2.85 bits per heavy atom. The minimum atomic E-state index is -0.125. The van der Waals surface area contributed by atoms with Gasteiger partial charge in [-0.2, -0.15) is 5.10 Å². The molecule has 104 valence electrons.